The zero-order chi connectivity index (χ0) is 18.7. The lowest BCUT2D eigenvalue weighted by Crippen LogP contribution is -2.40. The zero-order valence-corrected chi connectivity index (χ0v) is 15.8. The van der Waals surface area contributed by atoms with Gasteiger partial charge < -0.3 is 10.1 Å². The minimum atomic E-state index is -3.65. The number of benzene rings is 2. The van der Waals surface area contributed by atoms with Crippen LogP contribution in [-0.2, 0) is 14.8 Å². The maximum absolute atomic E-state index is 12.9. The third-order valence-electron chi connectivity index (χ3n) is 4.15. The molecule has 0 aromatic heterocycles. The van der Waals surface area contributed by atoms with Crippen molar-refractivity contribution in [1.82, 2.24) is 4.31 Å². The Labute approximate surface area is 157 Å². The van der Waals surface area contributed by atoms with Crippen molar-refractivity contribution in [3.63, 3.8) is 0 Å². The van der Waals surface area contributed by atoms with E-state index in [0.717, 1.165) is 0 Å². The molecule has 1 fully saturated rings. The summed E-state index contributed by atoms with van der Waals surface area (Å²) in [6.07, 6.45) is 0. The topological polar surface area (TPSA) is 75.7 Å². The summed E-state index contributed by atoms with van der Waals surface area (Å²) in [7, 11) is -3.65. The van der Waals surface area contributed by atoms with Gasteiger partial charge in [0.25, 0.3) is 5.91 Å². The van der Waals surface area contributed by atoms with Crippen LogP contribution in [0, 0.1) is 6.92 Å². The van der Waals surface area contributed by atoms with Crippen molar-refractivity contribution in [2.75, 3.05) is 31.6 Å². The van der Waals surface area contributed by atoms with E-state index in [9.17, 15) is 13.2 Å². The van der Waals surface area contributed by atoms with E-state index in [-0.39, 0.29) is 4.90 Å². The van der Waals surface area contributed by atoms with Gasteiger partial charge in [0, 0.05) is 18.8 Å². The molecule has 26 heavy (non-hydrogen) atoms. The Morgan fingerprint density at radius 3 is 2.54 bits per heavy atom. The fourth-order valence-electron chi connectivity index (χ4n) is 2.73. The zero-order valence-electron chi connectivity index (χ0n) is 14.2. The smallest absolute Gasteiger partial charge is 0.257 e. The van der Waals surface area contributed by atoms with Crippen LogP contribution in [0.25, 0.3) is 0 Å². The van der Waals surface area contributed by atoms with Crippen LogP contribution in [0.2, 0.25) is 5.02 Å². The van der Waals surface area contributed by atoms with Gasteiger partial charge in [-0.1, -0.05) is 29.8 Å². The second-order valence-electron chi connectivity index (χ2n) is 5.93. The van der Waals surface area contributed by atoms with Crippen molar-refractivity contribution < 1.29 is 17.9 Å². The molecule has 0 radical (unpaired) electrons. The molecule has 3 rings (SSSR count). The molecule has 0 atom stereocenters. The molecule has 0 saturated carbocycles. The third kappa shape index (κ3) is 3.91. The predicted molar refractivity (Wildman–Crippen MR) is 100 cm³/mol. The quantitative estimate of drug-likeness (QED) is 0.865. The number of rotatable bonds is 4. The lowest BCUT2D eigenvalue weighted by molar-refractivity contribution is 0.0730. The number of ether oxygens (including phenoxy) is 1. The van der Waals surface area contributed by atoms with Crippen molar-refractivity contribution in [3.05, 3.63) is 58.6 Å². The molecule has 2 aromatic carbocycles. The van der Waals surface area contributed by atoms with E-state index in [2.05, 4.69) is 5.32 Å². The van der Waals surface area contributed by atoms with Crippen LogP contribution in [0.3, 0.4) is 0 Å². The van der Waals surface area contributed by atoms with Gasteiger partial charge in [-0.15, -0.1) is 0 Å². The molecule has 1 amide bonds. The molecule has 1 aliphatic rings. The van der Waals surface area contributed by atoms with Gasteiger partial charge in [0.2, 0.25) is 10.0 Å². The summed E-state index contributed by atoms with van der Waals surface area (Å²) >= 11 is 6.04. The van der Waals surface area contributed by atoms with E-state index in [1.54, 1.807) is 43.3 Å². The normalized spacial score (nSPS) is 15.6. The average molecular weight is 395 g/mol. The van der Waals surface area contributed by atoms with Crippen LogP contribution >= 0.6 is 11.6 Å². The average Bonchev–Trinajstić information content (AvgIpc) is 2.64. The minimum Gasteiger partial charge on any atom is -0.379 e. The number of nitrogens with one attached hydrogen (secondary N) is 1. The first-order valence-corrected chi connectivity index (χ1v) is 9.96. The lowest BCUT2D eigenvalue weighted by atomic mass is 10.2. The first kappa shape index (κ1) is 18.8. The van der Waals surface area contributed by atoms with Crippen LogP contribution in [0.5, 0.6) is 0 Å². The largest absolute Gasteiger partial charge is 0.379 e. The molecular weight excluding hydrogens is 376 g/mol. The molecule has 1 heterocycles. The monoisotopic (exact) mass is 394 g/mol. The molecule has 0 aliphatic carbocycles. The highest BCUT2D eigenvalue weighted by molar-refractivity contribution is 7.89. The number of hydrogen-bond donors (Lipinski definition) is 1. The fourth-order valence-corrected chi connectivity index (χ4v) is 4.61. The number of anilines is 1. The highest BCUT2D eigenvalue weighted by Gasteiger charge is 2.28. The van der Waals surface area contributed by atoms with Crippen molar-refractivity contribution >= 4 is 33.2 Å². The number of amides is 1. The maximum Gasteiger partial charge on any atom is 0.257 e. The molecule has 0 bridgehead atoms. The molecule has 1 saturated heterocycles. The SMILES string of the molecule is Cc1ccc(NC(=O)c2ccccc2Cl)cc1S(=O)(=O)N1CCOCC1. The van der Waals surface area contributed by atoms with Gasteiger partial charge in [-0.2, -0.15) is 4.31 Å². The van der Waals surface area contributed by atoms with Gasteiger partial charge in [0.05, 0.1) is 28.7 Å². The highest BCUT2D eigenvalue weighted by Crippen LogP contribution is 2.25. The summed E-state index contributed by atoms with van der Waals surface area (Å²) in [6.45, 7) is 3.12. The molecule has 1 aliphatic heterocycles. The second-order valence-corrected chi connectivity index (χ2v) is 8.24. The van der Waals surface area contributed by atoms with E-state index in [4.69, 9.17) is 16.3 Å². The van der Waals surface area contributed by atoms with Crippen LogP contribution in [0.15, 0.2) is 47.4 Å². The van der Waals surface area contributed by atoms with Crippen LogP contribution in [-0.4, -0.2) is 44.9 Å². The van der Waals surface area contributed by atoms with Gasteiger partial charge in [0.1, 0.15) is 0 Å². The van der Waals surface area contributed by atoms with Crippen molar-refractivity contribution in [2.45, 2.75) is 11.8 Å². The van der Waals surface area contributed by atoms with Gasteiger partial charge in [-0.25, -0.2) is 8.42 Å². The highest BCUT2D eigenvalue weighted by atomic mass is 35.5. The summed E-state index contributed by atoms with van der Waals surface area (Å²) in [6, 6.07) is 11.5. The van der Waals surface area contributed by atoms with Gasteiger partial charge >= 0.3 is 0 Å². The molecule has 138 valence electrons. The Hall–Kier alpha value is -1.93. The molecule has 0 unspecified atom stereocenters. The molecule has 2 aromatic rings. The first-order valence-electron chi connectivity index (χ1n) is 8.14. The summed E-state index contributed by atoms with van der Waals surface area (Å²) in [5, 5.41) is 3.04. The van der Waals surface area contributed by atoms with Crippen LogP contribution in [0.1, 0.15) is 15.9 Å². The van der Waals surface area contributed by atoms with Gasteiger partial charge in [0.15, 0.2) is 0 Å². The van der Waals surface area contributed by atoms with Crippen LogP contribution in [0.4, 0.5) is 5.69 Å². The number of aryl methyl sites for hydroxylation is 1. The van der Waals surface area contributed by atoms with E-state index in [1.807, 2.05) is 0 Å². The van der Waals surface area contributed by atoms with E-state index < -0.39 is 15.9 Å². The van der Waals surface area contributed by atoms with Gasteiger partial charge in [-0.05, 0) is 36.8 Å². The summed E-state index contributed by atoms with van der Waals surface area (Å²) < 4.78 is 32.4. The van der Waals surface area contributed by atoms with E-state index in [1.165, 1.54) is 10.4 Å². The number of carbonyl (C=O) groups is 1. The Morgan fingerprint density at radius 2 is 1.85 bits per heavy atom. The van der Waals surface area contributed by atoms with Gasteiger partial charge in [-0.3, -0.25) is 4.79 Å². The van der Waals surface area contributed by atoms with E-state index in [0.29, 0.717) is 48.1 Å². The number of carbonyl (C=O) groups excluding carboxylic acids is 1. The number of halogens is 1. The number of nitrogens with zero attached hydrogens (tertiary/aromatic N) is 1. The number of sulfonamides is 1. The summed E-state index contributed by atoms with van der Waals surface area (Å²) in [5.41, 5.74) is 1.34. The third-order valence-corrected chi connectivity index (χ3v) is 6.52. The Balaban J connectivity index is 1.88. The summed E-state index contributed by atoms with van der Waals surface area (Å²) in [5.74, 6) is -0.394. The molecule has 0 spiro atoms. The molecule has 6 nitrogen and oxygen atoms in total. The maximum atomic E-state index is 12.9. The predicted octanol–water partition coefficient (Wildman–Crippen LogP) is 2.92. The van der Waals surface area contributed by atoms with Crippen molar-refractivity contribution in [2.24, 2.45) is 0 Å². The molecular formula is C18H19ClN2O4S. The Kier molecular flexibility index (Phi) is 5.62. The second kappa shape index (κ2) is 7.75. The van der Waals surface area contributed by atoms with Crippen molar-refractivity contribution in [1.29, 1.82) is 0 Å². The lowest BCUT2D eigenvalue weighted by Gasteiger charge is -2.26. The minimum absolute atomic E-state index is 0.177. The number of morpholine rings is 1. The standard InChI is InChI=1S/C18H19ClN2O4S/c1-13-6-7-14(20-18(22)15-4-2-3-5-16(15)19)12-17(13)26(23,24)21-8-10-25-11-9-21/h2-7,12H,8-11H2,1H3,(H,20,22). The summed E-state index contributed by atoms with van der Waals surface area (Å²) in [4.78, 5) is 12.6. The fraction of sp³-hybridized carbons (Fsp3) is 0.278. The van der Waals surface area contributed by atoms with Crippen LogP contribution < -0.4 is 5.32 Å². The molecule has 8 heteroatoms. The van der Waals surface area contributed by atoms with E-state index >= 15 is 0 Å². The van der Waals surface area contributed by atoms with Crippen molar-refractivity contribution in [3.8, 4) is 0 Å². The molecule has 1 N–H and O–H groups in total. The number of hydrogen-bond acceptors (Lipinski definition) is 4. The Bertz CT molecular complexity index is 925. The first-order chi connectivity index (χ1) is 12.4. The Morgan fingerprint density at radius 1 is 1.15 bits per heavy atom.